The summed E-state index contributed by atoms with van der Waals surface area (Å²) in [6.45, 7) is 6.02. The van der Waals surface area contributed by atoms with Gasteiger partial charge in [0, 0.05) is 11.7 Å². The Hall–Kier alpha value is -1.04. The number of aromatic amines is 1. The fourth-order valence-corrected chi connectivity index (χ4v) is 1.98. The van der Waals surface area contributed by atoms with Crippen LogP contribution in [0.25, 0.3) is 0 Å². The molecule has 1 aromatic rings. The van der Waals surface area contributed by atoms with Crippen molar-refractivity contribution in [3.05, 3.63) is 17.0 Å². The smallest absolute Gasteiger partial charge is 0.314 e. The predicted molar refractivity (Wildman–Crippen MR) is 64.5 cm³/mol. The van der Waals surface area contributed by atoms with Crippen LogP contribution in [0.1, 0.15) is 36.7 Å². The molecule has 1 atom stereocenters. The lowest BCUT2D eigenvalue weighted by Gasteiger charge is -2.15. The van der Waals surface area contributed by atoms with Gasteiger partial charge in [-0.3, -0.25) is 5.10 Å². The molecule has 6 heteroatoms. The van der Waals surface area contributed by atoms with Gasteiger partial charge in [0.05, 0.1) is 12.1 Å². The highest BCUT2D eigenvalue weighted by atomic mass is 19.4. The number of rotatable bonds is 6. The van der Waals surface area contributed by atoms with E-state index in [4.69, 9.17) is 0 Å². The molecule has 0 fully saturated rings. The average molecular weight is 263 g/mol. The van der Waals surface area contributed by atoms with Crippen molar-refractivity contribution in [2.24, 2.45) is 0 Å². The molecule has 2 N–H and O–H groups in total. The third-order valence-corrected chi connectivity index (χ3v) is 2.91. The molecule has 0 unspecified atom stereocenters. The molecule has 104 valence electrons. The monoisotopic (exact) mass is 263 g/mol. The van der Waals surface area contributed by atoms with Crippen LogP contribution in [-0.4, -0.2) is 29.0 Å². The van der Waals surface area contributed by atoms with Gasteiger partial charge in [0.2, 0.25) is 0 Å². The molecule has 1 rings (SSSR count). The molecular weight excluding hydrogens is 243 g/mol. The summed E-state index contributed by atoms with van der Waals surface area (Å²) < 4.78 is 36.3. The van der Waals surface area contributed by atoms with Crippen LogP contribution in [0.3, 0.4) is 0 Å². The summed E-state index contributed by atoms with van der Waals surface area (Å²) in [6, 6.07) is -0.531. The number of hydrogen-bond donors (Lipinski definition) is 2. The van der Waals surface area contributed by atoms with E-state index in [0.717, 1.165) is 24.2 Å². The molecule has 0 spiro atoms. The summed E-state index contributed by atoms with van der Waals surface area (Å²) in [5.41, 5.74) is 3.17. The molecule has 0 aliphatic heterocycles. The Morgan fingerprint density at radius 1 is 1.33 bits per heavy atom. The molecule has 0 aliphatic carbocycles. The number of H-pyrrole nitrogens is 1. The van der Waals surface area contributed by atoms with Gasteiger partial charge < -0.3 is 5.32 Å². The molecule has 0 aromatic carbocycles. The minimum atomic E-state index is -4.09. The summed E-state index contributed by atoms with van der Waals surface area (Å²) >= 11 is 0. The Labute approximate surface area is 105 Å². The lowest BCUT2D eigenvalue weighted by atomic mass is 10.1. The third kappa shape index (κ3) is 5.08. The molecule has 0 radical (unpaired) electrons. The van der Waals surface area contributed by atoms with Crippen molar-refractivity contribution in [2.45, 2.75) is 52.3 Å². The van der Waals surface area contributed by atoms with Gasteiger partial charge in [-0.1, -0.05) is 0 Å². The highest BCUT2D eigenvalue weighted by molar-refractivity contribution is 5.23. The summed E-state index contributed by atoms with van der Waals surface area (Å²) in [4.78, 5) is 0. The molecule has 1 heterocycles. The van der Waals surface area contributed by atoms with Crippen LogP contribution in [0.15, 0.2) is 0 Å². The maximum absolute atomic E-state index is 12.1. The predicted octanol–water partition coefficient (Wildman–Crippen LogP) is 2.89. The second-order valence-electron chi connectivity index (χ2n) is 4.69. The van der Waals surface area contributed by atoms with E-state index < -0.39 is 18.6 Å². The van der Waals surface area contributed by atoms with Crippen molar-refractivity contribution in [3.63, 3.8) is 0 Å². The number of aryl methyl sites for hydroxylation is 2. The van der Waals surface area contributed by atoms with Gasteiger partial charge in [0.25, 0.3) is 0 Å². The van der Waals surface area contributed by atoms with Gasteiger partial charge in [-0.25, -0.2) is 0 Å². The molecule has 0 amide bonds. The second-order valence-corrected chi connectivity index (χ2v) is 4.69. The zero-order chi connectivity index (χ0) is 13.8. The van der Waals surface area contributed by atoms with E-state index >= 15 is 0 Å². The Bertz CT molecular complexity index is 352. The minimum Gasteiger partial charge on any atom is -0.314 e. The van der Waals surface area contributed by atoms with Crippen LogP contribution in [0.5, 0.6) is 0 Å². The number of aromatic nitrogens is 2. The number of halogens is 3. The normalized spacial score (nSPS) is 13.9. The van der Waals surface area contributed by atoms with Gasteiger partial charge in [-0.2, -0.15) is 18.3 Å². The van der Waals surface area contributed by atoms with Gasteiger partial charge >= 0.3 is 6.18 Å². The van der Waals surface area contributed by atoms with Crippen LogP contribution in [0.4, 0.5) is 13.2 Å². The molecule has 18 heavy (non-hydrogen) atoms. The zero-order valence-electron chi connectivity index (χ0n) is 11.0. The lowest BCUT2D eigenvalue weighted by Crippen LogP contribution is -2.32. The molecule has 3 nitrogen and oxygen atoms in total. The van der Waals surface area contributed by atoms with Crippen molar-refractivity contribution in [3.8, 4) is 0 Å². The van der Waals surface area contributed by atoms with Crippen molar-refractivity contribution >= 4 is 0 Å². The fourth-order valence-electron chi connectivity index (χ4n) is 1.98. The van der Waals surface area contributed by atoms with E-state index in [1.165, 1.54) is 5.56 Å². The first kappa shape index (κ1) is 15.0. The fraction of sp³-hybridized carbons (Fsp3) is 0.750. The maximum atomic E-state index is 12.1. The quantitative estimate of drug-likeness (QED) is 0.775. The Kier molecular flexibility index (Phi) is 5.19. The summed E-state index contributed by atoms with van der Waals surface area (Å²) in [6.07, 6.45) is -3.23. The maximum Gasteiger partial charge on any atom is 0.390 e. The number of nitrogens with zero attached hydrogens (tertiary/aromatic N) is 1. The molecule has 0 saturated heterocycles. The summed E-state index contributed by atoms with van der Waals surface area (Å²) in [5, 5.41) is 9.87. The van der Waals surface area contributed by atoms with Crippen LogP contribution >= 0.6 is 0 Å². The largest absolute Gasteiger partial charge is 0.390 e. The van der Waals surface area contributed by atoms with E-state index in [1.807, 2.05) is 13.8 Å². The number of alkyl halides is 3. The molecular formula is C12H20F3N3. The van der Waals surface area contributed by atoms with Gasteiger partial charge in [-0.05, 0) is 45.7 Å². The Morgan fingerprint density at radius 3 is 2.50 bits per heavy atom. The molecule has 1 aromatic heterocycles. The van der Waals surface area contributed by atoms with Crippen LogP contribution in [0, 0.1) is 13.8 Å². The second kappa shape index (κ2) is 6.22. The number of nitrogens with one attached hydrogen (secondary N) is 2. The summed E-state index contributed by atoms with van der Waals surface area (Å²) in [5.74, 6) is 0. The average Bonchev–Trinajstić information content (AvgIpc) is 2.52. The van der Waals surface area contributed by atoms with Crippen molar-refractivity contribution in [2.75, 3.05) is 6.54 Å². The van der Waals surface area contributed by atoms with Crippen molar-refractivity contribution < 1.29 is 13.2 Å². The Morgan fingerprint density at radius 2 is 2.00 bits per heavy atom. The van der Waals surface area contributed by atoms with Crippen LogP contribution in [0.2, 0.25) is 0 Å². The van der Waals surface area contributed by atoms with Crippen LogP contribution < -0.4 is 5.32 Å². The number of hydrogen-bond acceptors (Lipinski definition) is 2. The van der Waals surface area contributed by atoms with E-state index in [-0.39, 0.29) is 0 Å². The summed E-state index contributed by atoms with van der Waals surface area (Å²) in [7, 11) is 0. The van der Waals surface area contributed by atoms with E-state index in [0.29, 0.717) is 6.54 Å². The van der Waals surface area contributed by atoms with Gasteiger partial charge in [0.1, 0.15) is 0 Å². The SMILES string of the molecule is Cc1n[nH]c(C)c1CCCN[C@H](C)CC(F)(F)F. The standard InChI is InChI=1S/C12H20F3N3/c1-8(7-12(13,14)15)16-6-4-5-11-9(2)17-18-10(11)3/h8,16H,4-7H2,1-3H3,(H,17,18)/t8-/m1/s1. The van der Waals surface area contributed by atoms with E-state index in [2.05, 4.69) is 15.5 Å². The zero-order valence-corrected chi connectivity index (χ0v) is 11.0. The molecule has 0 bridgehead atoms. The third-order valence-electron chi connectivity index (χ3n) is 2.91. The van der Waals surface area contributed by atoms with Gasteiger partial charge in [-0.15, -0.1) is 0 Å². The van der Waals surface area contributed by atoms with Crippen molar-refractivity contribution in [1.82, 2.24) is 15.5 Å². The van der Waals surface area contributed by atoms with Crippen molar-refractivity contribution in [1.29, 1.82) is 0 Å². The molecule has 0 aliphatic rings. The first-order valence-corrected chi connectivity index (χ1v) is 6.10. The van der Waals surface area contributed by atoms with Crippen LogP contribution in [-0.2, 0) is 6.42 Å². The van der Waals surface area contributed by atoms with E-state index in [9.17, 15) is 13.2 Å². The highest BCUT2D eigenvalue weighted by Gasteiger charge is 2.29. The van der Waals surface area contributed by atoms with Gasteiger partial charge in [0.15, 0.2) is 0 Å². The minimum absolute atomic E-state index is 0.531. The topological polar surface area (TPSA) is 40.7 Å². The Balaban J connectivity index is 2.23. The molecule has 0 saturated carbocycles. The first-order chi connectivity index (χ1) is 8.29. The first-order valence-electron chi connectivity index (χ1n) is 6.10. The highest BCUT2D eigenvalue weighted by Crippen LogP contribution is 2.21. The lowest BCUT2D eigenvalue weighted by molar-refractivity contribution is -0.139. The van der Waals surface area contributed by atoms with E-state index in [1.54, 1.807) is 6.92 Å².